The molecule has 1 N–H and O–H groups in total. The van der Waals surface area contributed by atoms with E-state index in [0.717, 1.165) is 27.8 Å². The topological polar surface area (TPSA) is 107 Å². The molecule has 0 saturated carbocycles. The van der Waals surface area contributed by atoms with Gasteiger partial charge in [0.2, 0.25) is 17.7 Å². The van der Waals surface area contributed by atoms with Gasteiger partial charge in [-0.15, -0.1) is 11.3 Å². The highest BCUT2D eigenvalue weighted by atomic mass is 35.5. The Labute approximate surface area is 207 Å². The molecule has 4 rings (SSSR count). The van der Waals surface area contributed by atoms with E-state index in [-0.39, 0.29) is 22.6 Å². The number of sulfonamides is 1. The molecule has 12 heteroatoms. The number of halogens is 1. The molecular formula is C22H27ClN4O5S2. The summed E-state index contributed by atoms with van der Waals surface area (Å²) < 4.78 is 29.4. The van der Waals surface area contributed by atoms with Gasteiger partial charge >= 0.3 is 0 Å². The standard InChI is InChI=1S/C22H27ClN4O5S2/c1-25(2)22(30)17-6-4-10-27(17)19(28)13-26-9-3-5-16(21(26)29)24-34(31,32)20-11-14-7-8-15(23)12-18(14)33-20/h7-8,11-12,16-17,24H,3-6,9-10,13H2,1-2H3. The largest absolute Gasteiger partial charge is 0.347 e. The van der Waals surface area contributed by atoms with Gasteiger partial charge in [-0.1, -0.05) is 17.7 Å². The van der Waals surface area contributed by atoms with Crippen LogP contribution in [0, 0.1) is 0 Å². The number of nitrogens with zero attached hydrogens (tertiary/aromatic N) is 3. The van der Waals surface area contributed by atoms with Crippen LogP contribution in [-0.4, -0.2) is 86.7 Å². The van der Waals surface area contributed by atoms with E-state index in [1.54, 1.807) is 38.4 Å². The second-order valence-corrected chi connectivity index (χ2v) is 12.3. The van der Waals surface area contributed by atoms with E-state index in [2.05, 4.69) is 4.72 Å². The van der Waals surface area contributed by atoms with Gasteiger partial charge in [0.1, 0.15) is 16.3 Å². The van der Waals surface area contributed by atoms with Crippen LogP contribution in [0.5, 0.6) is 0 Å². The number of amides is 3. The molecule has 34 heavy (non-hydrogen) atoms. The van der Waals surface area contributed by atoms with Gasteiger partial charge in [-0.05, 0) is 49.3 Å². The maximum Gasteiger partial charge on any atom is 0.250 e. The smallest absolute Gasteiger partial charge is 0.250 e. The molecule has 9 nitrogen and oxygen atoms in total. The predicted molar refractivity (Wildman–Crippen MR) is 130 cm³/mol. The number of hydrogen-bond donors (Lipinski definition) is 1. The molecule has 2 saturated heterocycles. The van der Waals surface area contributed by atoms with Crippen molar-refractivity contribution in [2.24, 2.45) is 0 Å². The molecule has 184 valence electrons. The maximum atomic E-state index is 13.1. The minimum Gasteiger partial charge on any atom is -0.347 e. The zero-order valence-corrected chi connectivity index (χ0v) is 21.4. The van der Waals surface area contributed by atoms with Crippen LogP contribution in [-0.2, 0) is 24.4 Å². The van der Waals surface area contributed by atoms with Crippen molar-refractivity contribution < 1.29 is 22.8 Å². The van der Waals surface area contributed by atoms with Crippen LogP contribution < -0.4 is 4.72 Å². The first-order valence-corrected chi connectivity index (χ1v) is 13.8. The quantitative estimate of drug-likeness (QED) is 0.618. The Morgan fingerprint density at radius 1 is 1.18 bits per heavy atom. The third kappa shape index (κ3) is 5.07. The molecule has 2 aliphatic rings. The van der Waals surface area contributed by atoms with E-state index >= 15 is 0 Å². The summed E-state index contributed by atoms with van der Waals surface area (Å²) in [5, 5.41) is 1.27. The Bertz CT molecular complexity index is 1230. The molecule has 2 unspecified atom stereocenters. The van der Waals surface area contributed by atoms with Gasteiger partial charge in [-0.2, -0.15) is 4.72 Å². The van der Waals surface area contributed by atoms with E-state index in [1.165, 1.54) is 14.7 Å². The van der Waals surface area contributed by atoms with E-state index in [4.69, 9.17) is 11.6 Å². The lowest BCUT2D eigenvalue weighted by molar-refractivity contribution is -0.146. The van der Waals surface area contributed by atoms with Crippen LogP contribution in [0.2, 0.25) is 5.02 Å². The molecule has 3 heterocycles. The average Bonchev–Trinajstić information content (AvgIpc) is 3.43. The lowest BCUT2D eigenvalue weighted by Crippen LogP contribution is -2.55. The number of fused-ring (bicyclic) bond motifs is 1. The highest BCUT2D eigenvalue weighted by molar-refractivity contribution is 7.91. The van der Waals surface area contributed by atoms with Gasteiger partial charge in [0.15, 0.2) is 0 Å². The van der Waals surface area contributed by atoms with Gasteiger partial charge in [0, 0.05) is 36.9 Å². The van der Waals surface area contributed by atoms with Crippen molar-refractivity contribution in [3.8, 4) is 0 Å². The normalized spacial score (nSPS) is 21.3. The van der Waals surface area contributed by atoms with Crippen LogP contribution >= 0.6 is 22.9 Å². The molecule has 2 fully saturated rings. The zero-order chi connectivity index (χ0) is 24.6. The first-order chi connectivity index (χ1) is 16.1. The first-order valence-electron chi connectivity index (χ1n) is 11.1. The molecule has 0 aliphatic carbocycles. The Balaban J connectivity index is 1.44. The van der Waals surface area contributed by atoms with Gasteiger partial charge in [0.05, 0.1) is 6.54 Å². The third-order valence-electron chi connectivity index (χ3n) is 6.18. The lowest BCUT2D eigenvalue weighted by Gasteiger charge is -2.34. The average molecular weight is 527 g/mol. The summed E-state index contributed by atoms with van der Waals surface area (Å²) >= 11 is 7.09. The number of rotatable bonds is 6. The number of likely N-dealkylation sites (tertiary alicyclic amines) is 2. The molecular weight excluding hydrogens is 500 g/mol. The molecule has 3 amide bonds. The number of carbonyl (C=O) groups excluding carboxylic acids is 3. The van der Waals surface area contributed by atoms with E-state index in [0.29, 0.717) is 37.4 Å². The minimum atomic E-state index is -3.93. The second kappa shape index (κ2) is 9.80. The number of hydrogen-bond acceptors (Lipinski definition) is 6. The van der Waals surface area contributed by atoms with Crippen molar-refractivity contribution >= 4 is 60.8 Å². The molecule has 2 aliphatic heterocycles. The van der Waals surface area contributed by atoms with E-state index in [9.17, 15) is 22.8 Å². The third-order valence-corrected chi connectivity index (χ3v) is 9.46. The van der Waals surface area contributed by atoms with Crippen LogP contribution in [0.15, 0.2) is 28.5 Å². The summed E-state index contributed by atoms with van der Waals surface area (Å²) in [6, 6.07) is 5.24. The Morgan fingerprint density at radius 2 is 1.91 bits per heavy atom. The first kappa shape index (κ1) is 24.9. The van der Waals surface area contributed by atoms with Crippen molar-refractivity contribution in [3.05, 3.63) is 29.3 Å². The number of nitrogens with one attached hydrogen (secondary N) is 1. The van der Waals surface area contributed by atoms with Crippen molar-refractivity contribution in [2.75, 3.05) is 33.7 Å². The van der Waals surface area contributed by atoms with Crippen LogP contribution in [0.1, 0.15) is 25.7 Å². The van der Waals surface area contributed by atoms with Crippen molar-refractivity contribution in [1.29, 1.82) is 0 Å². The van der Waals surface area contributed by atoms with Gasteiger partial charge in [-0.25, -0.2) is 8.42 Å². The number of likely N-dealkylation sites (N-methyl/N-ethyl adjacent to an activating group) is 1. The van der Waals surface area contributed by atoms with Crippen molar-refractivity contribution in [2.45, 2.75) is 42.0 Å². The highest BCUT2D eigenvalue weighted by Gasteiger charge is 2.38. The lowest BCUT2D eigenvalue weighted by atomic mass is 10.1. The van der Waals surface area contributed by atoms with Gasteiger partial charge in [0.25, 0.3) is 10.0 Å². The van der Waals surface area contributed by atoms with Crippen LogP contribution in [0.4, 0.5) is 0 Å². The number of piperidine rings is 1. The Morgan fingerprint density at radius 3 is 2.65 bits per heavy atom. The monoisotopic (exact) mass is 526 g/mol. The number of benzene rings is 1. The van der Waals surface area contributed by atoms with Crippen LogP contribution in [0.25, 0.3) is 10.1 Å². The fourth-order valence-electron chi connectivity index (χ4n) is 4.44. The molecule has 0 bridgehead atoms. The number of thiophene rings is 1. The molecule has 1 aromatic carbocycles. The fraction of sp³-hybridized carbons (Fsp3) is 0.500. The molecule has 2 aromatic rings. The predicted octanol–water partition coefficient (Wildman–Crippen LogP) is 1.90. The molecule has 0 spiro atoms. The molecule has 0 radical (unpaired) electrons. The van der Waals surface area contributed by atoms with E-state index in [1.807, 2.05) is 0 Å². The summed E-state index contributed by atoms with van der Waals surface area (Å²) in [6.07, 6.45) is 2.24. The maximum absolute atomic E-state index is 13.1. The van der Waals surface area contributed by atoms with Crippen LogP contribution in [0.3, 0.4) is 0 Å². The number of carbonyl (C=O) groups is 3. The molecule has 1 aromatic heterocycles. The Hall–Kier alpha value is -2.21. The van der Waals surface area contributed by atoms with Crippen molar-refractivity contribution in [1.82, 2.24) is 19.4 Å². The SMILES string of the molecule is CN(C)C(=O)C1CCCN1C(=O)CN1CCCC(NS(=O)(=O)c2cc3ccc(Cl)cc3s2)C1=O. The summed E-state index contributed by atoms with van der Waals surface area (Å²) in [6.45, 7) is 0.664. The second-order valence-electron chi connectivity index (χ2n) is 8.80. The summed E-state index contributed by atoms with van der Waals surface area (Å²) in [5.74, 6) is -0.857. The minimum absolute atomic E-state index is 0.105. The van der Waals surface area contributed by atoms with Gasteiger partial charge in [-0.3, -0.25) is 14.4 Å². The zero-order valence-electron chi connectivity index (χ0n) is 19.0. The van der Waals surface area contributed by atoms with Gasteiger partial charge < -0.3 is 14.7 Å². The molecule has 2 atom stereocenters. The summed E-state index contributed by atoms with van der Waals surface area (Å²) in [7, 11) is -0.628. The summed E-state index contributed by atoms with van der Waals surface area (Å²) in [4.78, 5) is 42.8. The van der Waals surface area contributed by atoms with E-state index < -0.39 is 28.0 Å². The summed E-state index contributed by atoms with van der Waals surface area (Å²) in [5.41, 5.74) is 0. The highest BCUT2D eigenvalue weighted by Crippen LogP contribution is 2.31. The Kier molecular flexibility index (Phi) is 7.18. The fourth-order valence-corrected chi connectivity index (χ4v) is 7.35. The van der Waals surface area contributed by atoms with Crippen molar-refractivity contribution in [3.63, 3.8) is 0 Å².